The first kappa shape index (κ1) is 12.7. The molecule has 0 spiro atoms. The van der Waals surface area contributed by atoms with Crippen molar-refractivity contribution >= 4 is 5.78 Å². The largest absolute Gasteiger partial charge is 0.385 e. The number of unbranched alkanes of at least 4 members (excludes halogenated alkanes) is 5. The summed E-state index contributed by atoms with van der Waals surface area (Å²) in [4.78, 5) is 11.5. The zero-order valence-corrected chi connectivity index (χ0v) is 9.87. The second-order valence-electron chi connectivity index (χ2n) is 4.77. The summed E-state index contributed by atoms with van der Waals surface area (Å²) >= 11 is 0. The summed E-state index contributed by atoms with van der Waals surface area (Å²) in [6.45, 7) is 2.20. The Morgan fingerprint density at radius 1 is 1.20 bits per heavy atom. The van der Waals surface area contributed by atoms with Gasteiger partial charge in [0.15, 0.2) is 5.78 Å². The fourth-order valence-corrected chi connectivity index (χ4v) is 1.90. The van der Waals surface area contributed by atoms with E-state index in [2.05, 4.69) is 6.92 Å². The highest BCUT2D eigenvalue weighted by atomic mass is 16.3. The quantitative estimate of drug-likeness (QED) is 0.596. The van der Waals surface area contributed by atoms with Gasteiger partial charge in [-0.2, -0.15) is 0 Å². The molecule has 0 radical (unpaired) electrons. The predicted molar refractivity (Wildman–Crippen MR) is 61.7 cm³/mol. The molecule has 1 N–H and O–H groups in total. The van der Waals surface area contributed by atoms with Crippen LogP contribution in [0.3, 0.4) is 0 Å². The average molecular weight is 212 g/mol. The van der Waals surface area contributed by atoms with E-state index in [0.29, 0.717) is 12.3 Å². The van der Waals surface area contributed by atoms with Gasteiger partial charge in [0.25, 0.3) is 0 Å². The molecule has 1 aliphatic carbocycles. The Hall–Kier alpha value is -0.370. The number of hydrogen-bond acceptors (Lipinski definition) is 2. The molecule has 1 fully saturated rings. The Balaban J connectivity index is 1.92. The molecule has 1 saturated carbocycles. The molecule has 1 atom stereocenters. The summed E-state index contributed by atoms with van der Waals surface area (Å²) in [5, 5.41) is 9.55. The maximum absolute atomic E-state index is 11.5. The minimum Gasteiger partial charge on any atom is -0.385 e. The molecule has 0 aliphatic heterocycles. The molecular weight excluding hydrogens is 188 g/mol. The molecule has 0 saturated heterocycles. The number of aliphatic hydroxyl groups is 1. The standard InChI is InChI=1S/C13H24O2/c1-2-3-4-5-6-7-8-12(14)13(15)11-9-10-11/h11,13,15H,2-10H2,1H3. The van der Waals surface area contributed by atoms with Gasteiger partial charge in [-0.15, -0.1) is 0 Å². The van der Waals surface area contributed by atoms with Crippen molar-refractivity contribution in [2.75, 3.05) is 0 Å². The van der Waals surface area contributed by atoms with Gasteiger partial charge < -0.3 is 5.11 Å². The van der Waals surface area contributed by atoms with Crippen molar-refractivity contribution in [3.05, 3.63) is 0 Å². The Kier molecular flexibility index (Phi) is 5.92. The summed E-state index contributed by atoms with van der Waals surface area (Å²) in [6.07, 6.45) is 9.24. The van der Waals surface area contributed by atoms with Crippen LogP contribution in [0.1, 0.15) is 64.7 Å². The molecule has 1 rings (SSSR count). The van der Waals surface area contributed by atoms with Crippen LogP contribution < -0.4 is 0 Å². The molecule has 0 aromatic heterocycles. The highest BCUT2D eigenvalue weighted by molar-refractivity contribution is 5.83. The van der Waals surface area contributed by atoms with Gasteiger partial charge in [0, 0.05) is 6.42 Å². The molecule has 15 heavy (non-hydrogen) atoms. The topological polar surface area (TPSA) is 37.3 Å². The number of hydrogen-bond donors (Lipinski definition) is 1. The van der Waals surface area contributed by atoms with E-state index in [1.807, 2.05) is 0 Å². The third-order valence-electron chi connectivity index (χ3n) is 3.18. The number of carbonyl (C=O) groups excluding carboxylic acids is 1. The summed E-state index contributed by atoms with van der Waals surface area (Å²) in [5.41, 5.74) is 0. The van der Waals surface area contributed by atoms with Crippen molar-refractivity contribution in [3.63, 3.8) is 0 Å². The van der Waals surface area contributed by atoms with Gasteiger partial charge in [-0.05, 0) is 25.2 Å². The van der Waals surface area contributed by atoms with E-state index in [1.54, 1.807) is 0 Å². The van der Waals surface area contributed by atoms with Gasteiger partial charge in [0.05, 0.1) is 0 Å². The molecule has 0 aromatic carbocycles. The van der Waals surface area contributed by atoms with E-state index < -0.39 is 6.10 Å². The zero-order valence-electron chi connectivity index (χ0n) is 9.87. The van der Waals surface area contributed by atoms with E-state index >= 15 is 0 Å². The smallest absolute Gasteiger partial charge is 0.161 e. The minimum atomic E-state index is -0.638. The molecule has 0 amide bonds. The molecule has 2 nitrogen and oxygen atoms in total. The van der Waals surface area contributed by atoms with E-state index in [-0.39, 0.29) is 5.78 Å². The van der Waals surface area contributed by atoms with Gasteiger partial charge in [-0.25, -0.2) is 0 Å². The van der Waals surface area contributed by atoms with Crippen molar-refractivity contribution < 1.29 is 9.90 Å². The van der Waals surface area contributed by atoms with Crippen LogP contribution in [0, 0.1) is 5.92 Å². The van der Waals surface area contributed by atoms with Gasteiger partial charge in [-0.3, -0.25) is 4.79 Å². The lowest BCUT2D eigenvalue weighted by Gasteiger charge is -2.07. The molecule has 1 aliphatic rings. The summed E-state index contributed by atoms with van der Waals surface area (Å²) in [5.74, 6) is 0.380. The summed E-state index contributed by atoms with van der Waals surface area (Å²) in [6, 6.07) is 0. The van der Waals surface area contributed by atoms with Gasteiger partial charge >= 0.3 is 0 Å². The normalized spacial score (nSPS) is 17.7. The van der Waals surface area contributed by atoms with Crippen LogP contribution in [0.15, 0.2) is 0 Å². The fourth-order valence-electron chi connectivity index (χ4n) is 1.90. The van der Waals surface area contributed by atoms with Crippen molar-refractivity contribution in [1.29, 1.82) is 0 Å². The first-order valence-electron chi connectivity index (χ1n) is 6.46. The van der Waals surface area contributed by atoms with E-state index in [0.717, 1.165) is 25.7 Å². The van der Waals surface area contributed by atoms with Crippen molar-refractivity contribution in [2.24, 2.45) is 5.92 Å². The maximum Gasteiger partial charge on any atom is 0.161 e. The van der Waals surface area contributed by atoms with E-state index in [4.69, 9.17) is 0 Å². The molecule has 2 heteroatoms. The maximum atomic E-state index is 11.5. The van der Waals surface area contributed by atoms with Crippen molar-refractivity contribution in [1.82, 2.24) is 0 Å². The first-order chi connectivity index (χ1) is 7.25. The average Bonchev–Trinajstić information content (AvgIpc) is 3.05. The number of rotatable bonds is 9. The number of carbonyl (C=O) groups is 1. The molecule has 1 unspecified atom stereocenters. The van der Waals surface area contributed by atoms with Crippen LogP contribution in [-0.2, 0) is 4.79 Å². The predicted octanol–water partition coefficient (Wildman–Crippen LogP) is 3.08. The van der Waals surface area contributed by atoms with Crippen LogP contribution in [0.25, 0.3) is 0 Å². The van der Waals surface area contributed by atoms with E-state index in [9.17, 15) is 9.90 Å². The van der Waals surface area contributed by atoms with Crippen LogP contribution in [0.5, 0.6) is 0 Å². The lowest BCUT2D eigenvalue weighted by molar-refractivity contribution is -0.128. The lowest BCUT2D eigenvalue weighted by atomic mass is 10.0. The molecule has 0 aromatic rings. The summed E-state index contributed by atoms with van der Waals surface area (Å²) < 4.78 is 0. The second-order valence-corrected chi connectivity index (χ2v) is 4.77. The van der Waals surface area contributed by atoms with Crippen molar-refractivity contribution in [3.8, 4) is 0 Å². The molecular formula is C13H24O2. The molecule has 88 valence electrons. The highest BCUT2D eigenvalue weighted by Gasteiger charge is 2.33. The Labute approximate surface area is 93.1 Å². The monoisotopic (exact) mass is 212 g/mol. The first-order valence-corrected chi connectivity index (χ1v) is 6.46. The van der Waals surface area contributed by atoms with E-state index in [1.165, 1.54) is 25.7 Å². The summed E-state index contributed by atoms with van der Waals surface area (Å²) in [7, 11) is 0. The second kappa shape index (κ2) is 7.00. The Morgan fingerprint density at radius 3 is 2.40 bits per heavy atom. The van der Waals surface area contributed by atoms with Crippen molar-refractivity contribution in [2.45, 2.75) is 70.8 Å². The van der Waals surface area contributed by atoms with Gasteiger partial charge in [-0.1, -0.05) is 39.0 Å². The number of Topliss-reactive ketones (excluding diaryl/α,β-unsaturated/α-hetero) is 1. The van der Waals surface area contributed by atoms with Crippen LogP contribution >= 0.6 is 0 Å². The third kappa shape index (κ3) is 5.31. The van der Waals surface area contributed by atoms with Gasteiger partial charge in [0.1, 0.15) is 6.10 Å². The lowest BCUT2D eigenvalue weighted by Crippen LogP contribution is -2.22. The molecule has 0 heterocycles. The van der Waals surface area contributed by atoms with Gasteiger partial charge in [0.2, 0.25) is 0 Å². The number of ketones is 1. The van der Waals surface area contributed by atoms with Crippen LogP contribution in [0.4, 0.5) is 0 Å². The zero-order chi connectivity index (χ0) is 11.1. The SMILES string of the molecule is CCCCCCCCC(=O)C(O)C1CC1. The fraction of sp³-hybridized carbons (Fsp3) is 0.923. The van der Waals surface area contributed by atoms with Crippen LogP contribution in [0.2, 0.25) is 0 Å². The Bertz CT molecular complexity index is 185. The van der Waals surface area contributed by atoms with Crippen LogP contribution in [-0.4, -0.2) is 17.0 Å². The molecule has 0 bridgehead atoms. The highest BCUT2D eigenvalue weighted by Crippen LogP contribution is 2.33. The minimum absolute atomic E-state index is 0.0768. The third-order valence-corrected chi connectivity index (χ3v) is 3.18. The number of aliphatic hydroxyl groups excluding tert-OH is 1. The Morgan fingerprint density at radius 2 is 1.80 bits per heavy atom.